The van der Waals surface area contributed by atoms with Crippen molar-refractivity contribution in [3.8, 4) is 0 Å². The summed E-state index contributed by atoms with van der Waals surface area (Å²) < 4.78 is 2.05. The molecule has 118 valence electrons. The van der Waals surface area contributed by atoms with Gasteiger partial charge in [-0.2, -0.15) is 0 Å². The number of carbonyl (C=O) groups excluding carboxylic acids is 1. The number of carbonyl (C=O) groups is 1. The van der Waals surface area contributed by atoms with E-state index in [1.54, 1.807) is 6.20 Å². The molecule has 0 fully saturated rings. The second-order valence-electron chi connectivity index (χ2n) is 5.58. The van der Waals surface area contributed by atoms with Gasteiger partial charge in [-0.3, -0.25) is 4.79 Å². The summed E-state index contributed by atoms with van der Waals surface area (Å²) >= 11 is 0. The highest BCUT2D eigenvalue weighted by Gasteiger charge is 2.16. The van der Waals surface area contributed by atoms with Gasteiger partial charge < -0.3 is 9.88 Å². The maximum absolute atomic E-state index is 12.8. The van der Waals surface area contributed by atoms with Crippen molar-refractivity contribution in [2.75, 3.05) is 5.32 Å². The Bertz CT molecular complexity index is 836. The molecule has 0 atom stereocenters. The SMILES string of the molecule is CCCn1cc(C(=O)Nc2ccccc2CC)c2cccnc21. The molecule has 1 aromatic carbocycles. The predicted octanol–water partition coefficient (Wildman–Crippen LogP) is 4.26. The van der Waals surface area contributed by atoms with Crippen LogP contribution in [0.5, 0.6) is 0 Å². The minimum absolute atomic E-state index is 0.0845. The van der Waals surface area contributed by atoms with Crippen molar-refractivity contribution in [1.82, 2.24) is 9.55 Å². The van der Waals surface area contributed by atoms with Gasteiger partial charge in [-0.15, -0.1) is 0 Å². The van der Waals surface area contributed by atoms with Gasteiger partial charge in [0.1, 0.15) is 5.65 Å². The topological polar surface area (TPSA) is 46.9 Å². The van der Waals surface area contributed by atoms with Crippen LogP contribution in [0, 0.1) is 0 Å². The molecule has 1 N–H and O–H groups in total. The maximum Gasteiger partial charge on any atom is 0.257 e. The van der Waals surface area contributed by atoms with Crippen molar-refractivity contribution in [2.24, 2.45) is 0 Å². The van der Waals surface area contributed by atoms with E-state index >= 15 is 0 Å². The zero-order valence-corrected chi connectivity index (χ0v) is 13.5. The fraction of sp³-hybridized carbons (Fsp3) is 0.263. The number of nitrogens with one attached hydrogen (secondary N) is 1. The largest absolute Gasteiger partial charge is 0.332 e. The number of para-hydroxylation sites is 1. The summed E-state index contributed by atoms with van der Waals surface area (Å²) in [5.41, 5.74) is 3.55. The molecule has 1 amide bonds. The van der Waals surface area contributed by atoms with E-state index in [2.05, 4.69) is 28.7 Å². The molecule has 2 aromatic heterocycles. The van der Waals surface area contributed by atoms with Crippen LogP contribution >= 0.6 is 0 Å². The lowest BCUT2D eigenvalue weighted by atomic mass is 10.1. The van der Waals surface area contributed by atoms with Crippen LogP contribution in [0.3, 0.4) is 0 Å². The number of aromatic nitrogens is 2. The quantitative estimate of drug-likeness (QED) is 0.765. The number of hydrogen-bond acceptors (Lipinski definition) is 2. The average molecular weight is 307 g/mol. The highest BCUT2D eigenvalue weighted by molar-refractivity contribution is 6.12. The van der Waals surface area contributed by atoms with Crippen molar-refractivity contribution in [1.29, 1.82) is 0 Å². The molecule has 0 aliphatic rings. The number of anilines is 1. The Morgan fingerprint density at radius 3 is 2.78 bits per heavy atom. The van der Waals surface area contributed by atoms with Gasteiger partial charge in [0.05, 0.1) is 5.56 Å². The molecule has 2 heterocycles. The lowest BCUT2D eigenvalue weighted by Crippen LogP contribution is -2.13. The number of aryl methyl sites for hydroxylation is 2. The number of rotatable bonds is 5. The zero-order valence-electron chi connectivity index (χ0n) is 13.5. The van der Waals surface area contributed by atoms with E-state index in [-0.39, 0.29) is 5.91 Å². The first kappa shape index (κ1) is 15.3. The molecule has 0 aliphatic carbocycles. The third kappa shape index (κ3) is 2.97. The van der Waals surface area contributed by atoms with Crippen LogP contribution in [-0.2, 0) is 13.0 Å². The molecule has 0 saturated heterocycles. The summed E-state index contributed by atoms with van der Waals surface area (Å²) in [7, 11) is 0. The lowest BCUT2D eigenvalue weighted by molar-refractivity contribution is 0.102. The Balaban J connectivity index is 1.98. The number of benzene rings is 1. The lowest BCUT2D eigenvalue weighted by Gasteiger charge is -2.09. The number of fused-ring (bicyclic) bond motifs is 1. The second-order valence-corrected chi connectivity index (χ2v) is 5.58. The number of amides is 1. The molecule has 0 spiro atoms. The van der Waals surface area contributed by atoms with Crippen LogP contribution in [0.15, 0.2) is 48.8 Å². The smallest absolute Gasteiger partial charge is 0.257 e. The normalized spacial score (nSPS) is 10.9. The third-order valence-corrected chi connectivity index (χ3v) is 3.99. The molecular formula is C19H21N3O. The van der Waals surface area contributed by atoms with Gasteiger partial charge in [0.2, 0.25) is 0 Å². The molecule has 0 radical (unpaired) electrons. The summed E-state index contributed by atoms with van der Waals surface area (Å²) in [5.74, 6) is -0.0845. The van der Waals surface area contributed by atoms with Crippen LogP contribution in [0.25, 0.3) is 11.0 Å². The zero-order chi connectivity index (χ0) is 16.2. The number of hydrogen-bond donors (Lipinski definition) is 1. The van der Waals surface area contributed by atoms with Crippen LogP contribution < -0.4 is 5.32 Å². The summed E-state index contributed by atoms with van der Waals surface area (Å²) in [5, 5.41) is 3.94. The molecule has 3 aromatic rings. The van der Waals surface area contributed by atoms with E-state index in [4.69, 9.17) is 0 Å². The first-order valence-corrected chi connectivity index (χ1v) is 8.07. The minimum Gasteiger partial charge on any atom is -0.332 e. The Hall–Kier alpha value is -2.62. The van der Waals surface area contributed by atoms with Crippen molar-refractivity contribution < 1.29 is 4.79 Å². The fourth-order valence-corrected chi connectivity index (χ4v) is 2.86. The molecule has 4 heteroatoms. The number of nitrogens with zero attached hydrogens (tertiary/aromatic N) is 2. The van der Waals surface area contributed by atoms with Crippen molar-refractivity contribution in [2.45, 2.75) is 33.2 Å². The van der Waals surface area contributed by atoms with E-state index in [1.807, 2.05) is 42.6 Å². The van der Waals surface area contributed by atoms with Crippen molar-refractivity contribution in [3.63, 3.8) is 0 Å². The fourth-order valence-electron chi connectivity index (χ4n) is 2.86. The van der Waals surface area contributed by atoms with Gasteiger partial charge >= 0.3 is 0 Å². The molecule has 0 unspecified atom stereocenters. The van der Waals surface area contributed by atoms with Gasteiger partial charge in [-0.05, 0) is 36.6 Å². The monoisotopic (exact) mass is 307 g/mol. The Morgan fingerprint density at radius 2 is 2.00 bits per heavy atom. The molecule has 0 bridgehead atoms. The Labute approximate surface area is 136 Å². The van der Waals surface area contributed by atoms with E-state index in [0.717, 1.165) is 41.7 Å². The van der Waals surface area contributed by atoms with Gasteiger partial charge in [0.25, 0.3) is 5.91 Å². The van der Waals surface area contributed by atoms with Gasteiger partial charge in [0.15, 0.2) is 0 Å². The van der Waals surface area contributed by atoms with E-state index in [9.17, 15) is 4.79 Å². The summed E-state index contributed by atoms with van der Waals surface area (Å²) in [6.07, 6.45) is 5.56. The van der Waals surface area contributed by atoms with Crippen molar-refractivity contribution in [3.05, 3.63) is 59.9 Å². The molecule has 0 aliphatic heterocycles. The average Bonchev–Trinajstić information content (AvgIpc) is 2.95. The van der Waals surface area contributed by atoms with Crippen LogP contribution in [0.4, 0.5) is 5.69 Å². The maximum atomic E-state index is 12.8. The van der Waals surface area contributed by atoms with Crippen LogP contribution in [0.2, 0.25) is 0 Å². The first-order valence-electron chi connectivity index (χ1n) is 8.07. The van der Waals surface area contributed by atoms with Crippen LogP contribution in [-0.4, -0.2) is 15.5 Å². The standard InChI is InChI=1S/C19H21N3O/c1-3-12-22-13-16(15-9-7-11-20-18(15)22)19(23)21-17-10-6-5-8-14(17)4-2/h5-11,13H,3-4,12H2,1-2H3,(H,21,23). The van der Waals surface area contributed by atoms with E-state index in [1.165, 1.54) is 0 Å². The Morgan fingerprint density at radius 1 is 1.17 bits per heavy atom. The van der Waals surface area contributed by atoms with Gasteiger partial charge in [-0.25, -0.2) is 4.98 Å². The molecule has 4 nitrogen and oxygen atoms in total. The van der Waals surface area contributed by atoms with Crippen molar-refractivity contribution >= 4 is 22.6 Å². The Kier molecular flexibility index (Phi) is 4.42. The highest BCUT2D eigenvalue weighted by Crippen LogP contribution is 2.22. The summed E-state index contributed by atoms with van der Waals surface area (Å²) in [6.45, 7) is 5.06. The summed E-state index contributed by atoms with van der Waals surface area (Å²) in [6, 6.07) is 11.7. The molecule has 3 rings (SSSR count). The summed E-state index contributed by atoms with van der Waals surface area (Å²) in [4.78, 5) is 17.2. The first-order chi connectivity index (χ1) is 11.2. The molecular weight excluding hydrogens is 286 g/mol. The van der Waals surface area contributed by atoms with Gasteiger partial charge in [0, 0.05) is 30.0 Å². The molecule has 23 heavy (non-hydrogen) atoms. The van der Waals surface area contributed by atoms with E-state index < -0.39 is 0 Å². The third-order valence-electron chi connectivity index (χ3n) is 3.99. The second kappa shape index (κ2) is 6.65. The van der Waals surface area contributed by atoms with Gasteiger partial charge in [-0.1, -0.05) is 32.0 Å². The van der Waals surface area contributed by atoms with Crippen LogP contribution in [0.1, 0.15) is 36.2 Å². The highest BCUT2D eigenvalue weighted by atomic mass is 16.1. The molecule has 0 saturated carbocycles. The number of pyridine rings is 1. The van der Waals surface area contributed by atoms with E-state index in [0.29, 0.717) is 5.56 Å². The minimum atomic E-state index is -0.0845. The predicted molar refractivity (Wildman–Crippen MR) is 93.8 cm³/mol.